The van der Waals surface area contributed by atoms with E-state index >= 15 is 0 Å². The number of aryl methyl sites for hydroxylation is 2. The first-order valence-electron chi connectivity index (χ1n) is 10.1. The predicted molar refractivity (Wildman–Crippen MR) is 123 cm³/mol. The van der Waals surface area contributed by atoms with Gasteiger partial charge in [-0.3, -0.25) is 4.79 Å². The third kappa shape index (κ3) is 6.27. The number of aromatic nitrogens is 2. The van der Waals surface area contributed by atoms with Crippen molar-refractivity contribution in [1.29, 1.82) is 0 Å². The molecule has 0 spiro atoms. The van der Waals surface area contributed by atoms with Crippen molar-refractivity contribution < 1.29 is 17.9 Å². The first-order valence-corrected chi connectivity index (χ1v) is 11.6. The average molecular weight is 455 g/mol. The van der Waals surface area contributed by atoms with E-state index in [0.29, 0.717) is 40.9 Å². The first-order chi connectivity index (χ1) is 15.1. The molecule has 0 aliphatic carbocycles. The molecule has 0 saturated heterocycles. The second kappa shape index (κ2) is 9.78. The van der Waals surface area contributed by atoms with Crippen molar-refractivity contribution in [1.82, 2.24) is 9.97 Å². The van der Waals surface area contributed by atoms with Gasteiger partial charge in [-0.25, -0.2) is 23.1 Å². The molecule has 9 heteroatoms. The molecular formula is C23H26N4O4S. The minimum Gasteiger partial charge on any atom is -0.493 e. The van der Waals surface area contributed by atoms with Crippen molar-refractivity contribution in [2.45, 2.75) is 32.6 Å². The lowest BCUT2D eigenvalue weighted by Gasteiger charge is -2.11. The summed E-state index contributed by atoms with van der Waals surface area (Å²) in [6.45, 7) is 8.17. The Balaban J connectivity index is 1.69. The quantitative estimate of drug-likeness (QED) is 0.528. The summed E-state index contributed by atoms with van der Waals surface area (Å²) in [4.78, 5) is 20.8. The van der Waals surface area contributed by atoms with Crippen molar-refractivity contribution in [3.05, 3.63) is 71.5 Å². The number of nitrogens with zero attached hydrogens (tertiary/aromatic N) is 2. The van der Waals surface area contributed by atoms with Crippen LogP contribution in [0.4, 0.5) is 11.6 Å². The third-order valence-electron chi connectivity index (χ3n) is 4.31. The Morgan fingerprint density at radius 3 is 2.28 bits per heavy atom. The van der Waals surface area contributed by atoms with Crippen molar-refractivity contribution in [3.8, 4) is 5.75 Å². The Morgan fingerprint density at radius 1 is 1.00 bits per heavy atom. The van der Waals surface area contributed by atoms with Gasteiger partial charge in [0.2, 0.25) is 5.95 Å². The van der Waals surface area contributed by atoms with Crippen LogP contribution in [0.5, 0.6) is 5.75 Å². The van der Waals surface area contributed by atoms with Crippen LogP contribution in [-0.4, -0.2) is 30.9 Å². The molecule has 3 rings (SSSR count). The summed E-state index contributed by atoms with van der Waals surface area (Å²) in [6.07, 6.45) is 0. The number of nitrogens with one attached hydrogen (secondary N) is 2. The smallest absolute Gasteiger partial charge is 0.264 e. The number of hydrogen-bond donors (Lipinski definition) is 2. The molecular weight excluding hydrogens is 428 g/mol. The van der Waals surface area contributed by atoms with E-state index in [1.54, 1.807) is 44.2 Å². The van der Waals surface area contributed by atoms with Crippen LogP contribution < -0.4 is 14.8 Å². The molecule has 32 heavy (non-hydrogen) atoms. The number of rotatable bonds is 8. The molecule has 8 nitrogen and oxygen atoms in total. The summed E-state index contributed by atoms with van der Waals surface area (Å²) in [5, 5.41) is 2.76. The number of ether oxygens (including phenoxy) is 1. The summed E-state index contributed by atoms with van der Waals surface area (Å²) >= 11 is 0. The second-order valence-corrected chi connectivity index (χ2v) is 9.47. The summed E-state index contributed by atoms with van der Waals surface area (Å²) in [5.41, 5.74) is 2.22. The van der Waals surface area contributed by atoms with Crippen LogP contribution in [0.25, 0.3) is 0 Å². The Bertz CT molecular complexity index is 1190. The molecule has 0 bridgehead atoms. The fourth-order valence-corrected chi connectivity index (χ4v) is 3.81. The maximum Gasteiger partial charge on any atom is 0.264 e. The fourth-order valence-electron chi connectivity index (χ4n) is 2.86. The maximum absolute atomic E-state index is 12.6. The van der Waals surface area contributed by atoms with Crippen LogP contribution in [-0.2, 0) is 10.0 Å². The second-order valence-electron chi connectivity index (χ2n) is 7.79. The fraction of sp³-hybridized carbons (Fsp3) is 0.261. The molecule has 0 fully saturated rings. The van der Waals surface area contributed by atoms with Gasteiger partial charge in [-0.15, -0.1) is 0 Å². The van der Waals surface area contributed by atoms with Crippen LogP contribution >= 0.6 is 0 Å². The topological polar surface area (TPSA) is 110 Å². The molecule has 1 heterocycles. The molecule has 0 saturated carbocycles. The molecule has 2 N–H and O–H groups in total. The Kier molecular flexibility index (Phi) is 7.09. The van der Waals surface area contributed by atoms with Gasteiger partial charge in [0.1, 0.15) is 5.75 Å². The van der Waals surface area contributed by atoms with Gasteiger partial charge < -0.3 is 10.1 Å². The van der Waals surface area contributed by atoms with Gasteiger partial charge >= 0.3 is 0 Å². The molecule has 1 aromatic heterocycles. The van der Waals surface area contributed by atoms with Crippen molar-refractivity contribution in [3.63, 3.8) is 0 Å². The van der Waals surface area contributed by atoms with Crippen molar-refractivity contribution in [2.24, 2.45) is 5.92 Å². The predicted octanol–water partition coefficient (Wildman–Crippen LogP) is 4.18. The molecule has 0 radical (unpaired) electrons. The highest BCUT2D eigenvalue weighted by atomic mass is 32.2. The molecule has 0 aliphatic rings. The summed E-state index contributed by atoms with van der Waals surface area (Å²) in [5.74, 6) is 0.683. The van der Waals surface area contributed by atoms with Gasteiger partial charge in [0, 0.05) is 22.6 Å². The lowest BCUT2D eigenvalue weighted by atomic mass is 10.2. The molecule has 168 valence electrons. The van der Waals surface area contributed by atoms with Gasteiger partial charge in [-0.05, 0) is 68.3 Å². The zero-order valence-electron chi connectivity index (χ0n) is 18.4. The summed E-state index contributed by atoms with van der Waals surface area (Å²) in [6, 6.07) is 14.5. The van der Waals surface area contributed by atoms with Gasteiger partial charge in [0.25, 0.3) is 15.9 Å². The van der Waals surface area contributed by atoms with E-state index in [1.807, 2.05) is 13.8 Å². The van der Waals surface area contributed by atoms with Gasteiger partial charge in [-0.2, -0.15) is 0 Å². The Morgan fingerprint density at radius 2 is 1.66 bits per heavy atom. The van der Waals surface area contributed by atoms with Gasteiger partial charge in [0.05, 0.1) is 11.5 Å². The number of anilines is 2. The molecule has 2 aromatic carbocycles. The molecule has 0 atom stereocenters. The van der Waals surface area contributed by atoms with E-state index in [-0.39, 0.29) is 16.8 Å². The number of carbonyl (C=O) groups excluding carboxylic acids is 1. The highest BCUT2D eigenvalue weighted by molar-refractivity contribution is 7.92. The Hall–Kier alpha value is -3.46. The highest BCUT2D eigenvalue weighted by Gasteiger charge is 2.16. The highest BCUT2D eigenvalue weighted by Crippen LogP contribution is 2.19. The monoisotopic (exact) mass is 454 g/mol. The molecule has 0 unspecified atom stereocenters. The van der Waals surface area contributed by atoms with Crippen LogP contribution in [0.3, 0.4) is 0 Å². The summed E-state index contributed by atoms with van der Waals surface area (Å²) < 4.78 is 33.3. The molecule has 0 aliphatic heterocycles. The van der Waals surface area contributed by atoms with Crippen molar-refractivity contribution >= 4 is 27.6 Å². The standard InChI is InChI=1S/C23H26N4O4S/c1-15(2)14-31-20-7-5-6-18(13-20)22(28)26-19-8-10-21(11-9-19)32(29,30)27-23-24-16(3)12-17(4)25-23/h5-13,15H,14H2,1-4H3,(H,26,28)(H,24,25,27). The van der Waals surface area contributed by atoms with E-state index < -0.39 is 10.0 Å². The van der Waals surface area contributed by atoms with E-state index in [2.05, 4.69) is 20.0 Å². The number of hydrogen-bond acceptors (Lipinski definition) is 6. The van der Waals surface area contributed by atoms with E-state index in [0.717, 1.165) is 0 Å². The number of sulfonamides is 1. The van der Waals surface area contributed by atoms with Crippen LogP contribution in [0.15, 0.2) is 59.5 Å². The van der Waals surface area contributed by atoms with E-state index in [4.69, 9.17) is 4.74 Å². The van der Waals surface area contributed by atoms with Gasteiger partial charge in [0.15, 0.2) is 0 Å². The number of carbonyl (C=O) groups is 1. The Labute approximate surface area is 188 Å². The number of benzene rings is 2. The minimum atomic E-state index is -3.87. The lowest BCUT2D eigenvalue weighted by molar-refractivity contribution is 0.102. The largest absolute Gasteiger partial charge is 0.493 e. The zero-order chi connectivity index (χ0) is 23.3. The average Bonchev–Trinajstić information content (AvgIpc) is 2.72. The van der Waals surface area contributed by atoms with Gasteiger partial charge in [-0.1, -0.05) is 19.9 Å². The lowest BCUT2D eigenvalue weighted by Crippen LogP contribution is -2.16. The normalized spacial score (nSPS) is 11.3. The number of amides is 1. The van der Waals surface area contributed by atoms with Crippen LogP contribution in [0.2, 0.25) is 0 Å². The molecule has 3 aromatic rings. The maximum atomic E-state index is 12.6. The van der Waals surface area contributed by atoms with Crippen molar-refractivity contribution in [2.75, 3.05) is 16.6 Å². The van der Waals surface area contributed by atoms with Crippen LogP contribution in [0, 0.1) is 19.8 Å². The molecule has 1 amide bonds. The SMILES string of the molecule is Cc1cc(C)nc(NS(=O)(=O)c2ccc(NC(=O)c3cccc(OCC(C)C)c3)cc2)n1. The summed E-state index contributed by atoms with van der Waals surface area (Å²) in [7, 11) is -3.87. The van der Waals surface area contributed by atoms with E-state index in [1.165, 1.54) is 24.3 Å². The third-order valence-corrected chi connectivity index (χ3v) is 5.65. The van der Waals surface area contributed by atoms with E-state index in [9.17, 15) is 13.2 Å². The minimum absolute atomic E-state index is 0.0134. The zero-order valence-corrected chi connectivity index (χ0v) is 19.2. The van der Waals surface area contributed by atoms with Crippen LogP contribution in [0.1, 0.15) is 35.6 Å². The first kappa shape index (κ1) is 23.2.